The molecule has 0 aliphatic heterocycles. The van der Waals surface area contributed by atoms with E-state index in [-0.39, 0.29) is 17.3 Å². The zero-order chi connectivity index (χ0) is 14.8. The molecule has 0 spiro atoms. The molecule has 0 aliphatic carbocycles. The lowest BCUT2D eigenvalue weighted by molar-refractivity contribution is 0.0833. The summed E-state index contributed by atoms with van der Waals surface area (Å²) in [5.41, 5.74) is 0.749. The summed E-state index contributed by atoms with van der Waals surface area (Å²) in [6.45, 7) is 8.53. The van der Waals surface area contributed by atoms with Gasteiger partial charge in [-0.15, -0.1) is 0 Å². The van der Waals surface area contributed by atoms with Crippen LogP contribution in [0, 0.1) is 5.41 Å². The molecule has 0 bridgehead atoms. The van der Waals surface area contributed by atoms with Crippen LogP contribution in [-0.4, -0.2) is 17.3 Å². The van der Waals surface area contributed by atoms with Gasteiger partial charge in [0.1, 0.15) is 0 Å². The standard InChI is InChI=1S/C16H20O3/c1-6-16(4,5)15(19)14-8-12(10(2)17)7-13(9-14)11(3)18/h7-9H,6H2,1-5H3. The lowest BCUT2D eigenvalue weighted by atomic mass is 9.81. The molecule has 0 fully saturated rings. The molecule has 0 unspecified atom stereocenters. The molecular formula is C16H20O3. The van der Waals surface area contributed by atoms with Gasteiger partial charge in [0.15, 0.2) is 17.3 Å². The normalized spacial score (nSPS) is 11.2. The highest BCUT2D eigenvalue weighted by Crippen LogP contribution is 2.26. The van der Waals surface area contributed by atoms with Crippen LogP contribution in [0.25, 0.3) is 0 Å². The zero-order valence-corrected chi connectivity index (χ0v) is 12.2. The Morgan fingerprint density at radius 2 is 1.26 bits per heavy atom. The van der Waals surface area contributed by atoms with E-state index in [0.717, 1.165) is 0 Å². The van der Waals surface area contributed by atoms with Gasteiger partial charge < -0.3 is 0 Å². The van der Waals surface area contributed by atoms with E-state index in [0.29, 0.717) is 23.1 Å². The van der Waals surface area contributed by atoms with Gasteiger partial charge in [-0.25, -0.2) is 0 Å². The fraction of sp³-hybridized carbons (Fsp3) is 0.438. The van der Waals surface area contributed by atoms with Gasteiger partial charge in [-0.2, -0.15) is 0 Å². The van der Waals surface area contributed by atoms with Crippen LogP contribution in [0.1, 0.15) is 72.1 Å². The van der Waals surface area contributed by atoms with Gasteiger partial charge >= 0.3 is 0 Å². The minimum absolute atomic E-state index is 0.0411. The van der Waals surface area contributed by atoms with Crippen LogP contribution in [0.4, 0.5) is 0 Å². The third-order valence-corrected chi connectivity index (χ3v) is 3.51. The largest absolute Gasteiger partial charge is 0.295 e. The Kier molecular flexibility index (Phi) is 4.40. The van der Waals surface area contributed by atoms with E-state index in [4.69, 9.17) is 0 Å². The Morgan fingerprint density at radius 3 is 1.58 bits per heavy atom. The number of hydrogen-bond acceptors (Lipinski definition) is 3. The van der Waals surface area contributed by atoms with Crippen LogP contribution < -0.4 is 0 Å². The van der Waals surface area contributed by atoms with Gasteiger partial charge in [-0.1, -0.05) is 20.8 Å². The number of rotatable bonds is 5. The minimum Gasteiger partial charge on any atom is -0.295 e. The Morgan fingerprint density at radius 1 is 0.895 bits per heavy atom. The topological polar surface area (TPSA) is 51.2 Å². The lowest BCUT2D eigenvalue weighted by Gasteiger charge is -2.21. The average Bonchev–Trinajstić information content (AvgIpc) is 2.37. The summed E-state index contributed by atoms with van der Waals surface area (Å²) in [6.07, 6.45) is 0.700. The molecule has 0 amide bonds. The molecule has 0 saturated heterocycles. The Hall–Kier alpha value is -1.77. The molecule has 0 saturated carbocycles. The van der Waals surface area contributed by atoms with Crippen molar-refractivity contribution in [1.82, 2.24) is 0 Å². The van der Waals surface area contributed by atoms with Crippen LogP contribution in [0.3, 0.4) is 0 Å². The first kappa shape index (κ1) is 15.3. The molecule has 3 heteroatoms. The SMILES string of the molecule is CCC(C)(C)C(=O)c1cc(C(C)=O)cc(C(C)=O)c1. The van der Waals surface area contributed by atoms with Crippen molar-refractivity contribution < 1.29 is 14.4 Å². The fourth-order valence-electron chi connectivity index (χ4n) is 1.72. The molecule has 1 rings (SSSR count). The van der Waals surface area contributed by atoms with E-state index >= 15 is 0 Å². The van der Waals surface area contributed by atoms with E-state index in [1.54, 1.807) is 18.2 Å². The fourth-order valence-corrected chi connectivity index (χ4v) is 1.72. The van der Waals surface area contributed by atoms with Crippen LogP contribution in [0.2, 0.25) is 0 Å². The van der Waals surface area contributed by atoms with Gasteiger partial charge in [0.25, 0.3) is 0 Å². The van der Waals surface area contributed by atoms with Crippen molar-refractivity contribution in [2.24, 2.45) is 5.41 Å². The first-order valence-electron chi connectivity index (χ1n) is 6.41. The molecule has 1 aromatic carbocycles. The lowest BCUT2D eigenvalue weighted by Crippen LogP contribution is -2.24. The summed E-state index contributed by atoms with van der Waals surface area (Å²) in [5.74, 6) is -0.335. The Bertz CT molecular complexity index is 507. The number of benzene rings is 1. The molecule has 0 N–H and O–H groups in total. The second-order valence-electron chi connectivity index (χ2n) is 5.48. The molecule has 0 heterocycles. The number of Topliss-reactive ketones (excluding diaryl/α,β-unsaturated/α-hetero) is 3. The summed E-state index contributed by atoms with van der Waals surface area (Å²) >= 11 is 0. The van der Waals surface area contributed by atoms with Crippen molar-refractivity contribution in [3.63, 3.8) is 0 Å². The number of ketones is 3. The number of hydrogen-bond donors (Lipinski definition) is 0. The third kappa shape index (κ3) is 3.37. The van der Waals surface area contributed by atoms with Crippen molar-refractivity contribution in [2.75, 3.05) is 0 Å². The first-order valence-corrected chi connectivity index (χ1v) is 6.41. The van der Waals surface area contributed by atoms with Gasteiger partial charge in [-0.3, -0.25) is 14.4 Å². The second-order valence-corrected chi connectivity index (χ2v) is 5.48. The van der Waals surface area contributed by atoms with E-state index in [2.05, 4.69) is 0 Å². The van der Waals surface area contributed by atoms with Gasteiger partial charge in [0.2, 0.25) is 0 Å². The van der Waals surface area contributed by atoms with Gasteiger partial charge in [0.05, 0.1) is 0 Å². The van der Waals surface area contributed by atoms with Crippen LogP contribution in [0.5, 0.6) is 0 Å². The predicted molar refractivity (Wildman–Crippen MR) is 74.9 cm³/mol. The monoisotopic (exact) mass is 260 g/mol. The molecule has 3 nitrogen and oxygen atoms in total. The molecule has 0 radical (unpaired) electrons. The molecule has 0 aromatic heterocycles. The maximum atomic E-state index is 12.4. The van der Waals surface area contributed by atoms with Gasteiger partial charge in [-0.05, 0) is 38.5 Å². The van der Waals surface area contributed by atoms with Crippen LogP contribution in [-0.2, 0) is 0 Å². The van der Waals surface area contributed by atoms with Crippen molar-refractivity contribution in [2.45, 2.75) is 41.0 Å². The summed E-state index contributed by atoms with van der Waals surface area (Å²) in [5, 5.41) is 0. The zero-order valence-electron chi connectivity index (χ0n) is 12.2. The quantitative estimate of drug-likeness (QED) is 0.758. The number of carbonyl (C=O) groups is 3. The highest BCUT2D eigenvalue weighted by molar-refractivity contribution is 6.06. The summed E-state index contributed by atoms with van der Waals surface area (Å²) < 4.78 is 0. The van der Waals surface area contributed by atoms with Crippen LogP contribution in [0.15, 0.2) is 18.2 Å². The molecule has 102 valence electrons. The van der Waals surface area contributed by atoms with E-state index in [1.165, 1.54) is 13.8 Å². The van der Waals surface area contributed by atoms with Crippen molar-refractivity contribution in [3.05, 3.63) is 34.9 Å². The molecule has 1 aromatic rings. The van der Waals surface area contributed by atoms with Crippen LogP contribution >= 0.6 is 0 Å². The highest BCUT2D eigenvalue weighted by atomic mass is 16.1. The minimum atomic E-state index is -0.497. The maximum Gasteiger partial charge on any atom is 0.168 e. The maximum absolute atomic E-state index is 12.4. The van der Waals surface area contributed by atoms with Gasteiger partial charge in [0, 0.05) is 22.1 Å². The Labute approximate surface area is 114 Å². The van der Waals surface area contributed by atoms with E-state index in [9.17, 15) is 14.4 Å². The predicted octanol–water partition coefficient (Wildman–Crippen LogP) is 3.71. The molecule has 0 atom stereocenters. The molecule has 19 heavy (non-hydrogen) atoms. The second kappa shape index (κ2) is 5.47. The van der Waals surface area contributed by atoms with E-state index < -0.39 is 5.41 Å². The van der Waals surface area contributed by atoms with Crippen molar-refractivity contribution >= 4 is 17.3 Å². The highest BCUT2D eigenvalue weighted by Gasteiger charge is 2.27. The Balaban J connectivity index is 3.39. The summed E-state index contributed by atoms with van der Waals surface area (Å²) in [4.78, 5) is 35.4. The van der Waals surface area contributed by atoms with E-state index in [1.807, 2.05) is 20.8 Å². The van der Waals surface area contributed by atoms with Crippen molar-refractivity contribution in [1.29, 1.82) is 0 Å². The van der Waals surface area contributed by atoms with Crippen molar-refractivity contribution in [3.8, 4) is 0 Å². The molecular weight excluding hydrogens is 240 g/mol. The average molecular weight is 260 g/mol. The summed E-state index contributed by atoms with van der Waals surface area (Å²) in [7, 11) is 0. The third-order valence-electron chi connectivity index (χ3n) is 3.51. The summed E-state index contributed by atoms with van der Waals surface area (Å²) in [6, 6.07) is 4.70. The molecule has 0 aliphatic rings. The first-order chi connectivity index (χ1) is 8.69. The number of carbonyl (C=O) groups excluding carboxylic acids is 3. The smallest absolute Gasteiger partial charge is 0.168 e.